The third-order valence-electron chi connectivity index (χ3n) is 2.65. The van der Waals surface area contributed by atoms with Crippen LogP contribution < -0.4 is 5.73 Å². The lowest BCUT2D eigenvalue weighted by molar-refractivity contribution is -0.141. The quantitative estimate of drug-likeness (QED) is 0.664. The summed E-state index contributed by atoms with van der Waals surface area (Å²) < 4.78 is 0. The van der Waals surface area contributed by atoms with Crippen LogP contribution >= 0.6 is 0 Å². The van der Waals surface area contributed by atoms with Crippen LogP contribution in [0.4, 0.5) is 0 Å². The van der Waals surface area contributed by atoms with Crippen LogP contribution in [-0.2, 0) is 4.79 Å². The van der Waals surface area contributed by atoms with Gasteiger partial charge in [-0.05, 0) is 18.3 Å². The maximum absolute atomic E-state index is 10.7. The number of nitrogens with two attached hydrogens (primary N) is 1. The van der Waals surface area contributed by atoms with E-state index in [9.17, 15) is 4.79 Å². The van der Waals surface area contributed by atoms with Crippen molar-refractivity contribution in [1.82, 2.24) is 0 Å². The zero-order valence-corrected chi connectivity index (χ0v) is 8.13. The predicted octanol–water partition coefficient (Wildman–Crippen LogP) is 1.61. The molecule has 0 spiro atoms. The molecule has 3 nitrogen and oxygen atoms in total. The molecular weight excluding hydrogens is 154 g/mol. The summed E-state index contributed by atoms with van der Waals surface area (Å²) in [4.78, 5) is 10.7. The van der Waals surface area contributed by atoms with Crippen molar-refractivity contribution < 1.29 is 9.90 Å². The molecule has 0 radical (unpaired) electrons. The highest BCUT2D eigenvalue weighted by atomic mass is 16.4. The normalized spacial score (nSPS) is 18.3. The number of rotatable bonds is 5. The average molecular weight is 173 g/mol. The molecule has 0 saturated heterocycles. The maximum Gasteiger partial charge on any atom is 0.321 e. The fraction of sp³-hybridized carbons (Fsp3) is 0.889. The van der Waals surface area contributed by atoms with E-state index in [4.69, 9.17) is 10.8 Å². The molecule has 2 atom stereocenters. The van der Waals surface area contributed by atoms with E-state index in [0.717, 1.165) is 19.3 Å². The van der Waals surface area contributed by atoms with Crippen molar-refractivity contribution in [3.63, 3.8) is 0 Å². The SMILES string of the molecule is CCCC(C)(CC)C(N)C(=O)O. The number of aliphatic carboxylic acids is 1. The van der Waals surface area contributed by atoms with Crippen LogP contribution in [0, 0.1) is 5.41 Å². The van der Waals surface area contributed by atoms with Gasteiger partial charge in [0.2, 0.25) is 0 Å². The van der Waals surface area contributed by atoms with Crippen LogP contribution in [-0.4, -0.2) is 17.1 Å². The largest absolute Gasteiger partial charge is 0.480 e. The molecule has 0 aromatic heterocycles. The van der Waals surface area contributed by atoms with Crippen LogP contribution in [0.25, 0.3) is 0 Å². The summed E-state index contributed by atoms with van der Waals surface area (Å²) in [6.07, 6.45) is 2.66. The first-order chi connectivity index (χ1) is 5.48. The fourth-order valence-electron chi connectivity index (χ4n) is 1.42. The number of hydrogen-bond donors (Lipinski definition) is 2. The van der Waals surface area contributed by atoms with Gasteiger partial charge in [0.1, 0.15) is 6.04 Å². The Balaban J connectivity index is 4.38. The van der Waals surface area contributed by atoms with Gasteiger partial charge in [-0.15, -0.1) is 0 Å². The third kappa shape index (κ3) is 2.48. The lowest BCUT2D eigenvalue weighted by Crippen LogP contribution is -2.45. The van der Waals surface area contributed by atoms with Crippen molar-refractivity contribution >= 4 is 5.97 Å². The smallest absolute Gasteiger partial charge is 0.321 e. The van der Waals surface area contributed by atoms with Gasteiger partial charge in [-0.3, -0.25) is 4.79 Å². The van der Waals surface area contributed by atoms with Crippen molar-refractivity contribution in [2.24, 2.45) is 11.1 Å². The number of carboxylic acid groups (broad SMARTS) is 1. The monoisotopic (exact) mass is 173 g/mol. The van der Waals surface area contributed by atoms with E-state index in [1.54, 1.807) is 0 Å². The molecule has 0 amide bonds. The molecule has 3 heteroatoms. The summed E-state index contributed by atoms with van der Waals surface area (Å²) in [5.41, 5.74) is 5.34. The lowest BCUT2D eigenvalue weighted by atomic mass is 9.76. The Morgan fingerprint density at radius 3 is 2.33 bits per heavy atom. The van der Waals surface area contributed by atoms with Gasteiger partial charge in [0.05, 0.1) is 0 Å². The molecule has 3 N–H and O–H groups in total. The van der Waals surface area contributed by atoms with E-state index in [1.165, 1.54) is 0 Å². The van der Waals surface area contributed by atoms with Crippen molar-refractivity contribution in [3.05, 3.63) is 0 Å². The van der Waals surface area contributed by atoms with Crippen LogP contribution in [0.3, 0.4) is 0 Å². The van der Waals surface area contributed by atoms with Crippen LogP contribution in [0.15, 0.2) is 0 Å². The van der Waals surface area contributed by atoms with Crippen LogP contribution in [0.2, 0.25) is 0 Å². The summed E-state index contributed by atoms with van der Waals surface area (Å²) in [6.45, 7) is 5.97. The van der Waals surface area contributed by atoms with Crippen molar-refractivity contribution in [3.8, 4) is 0 Å². The van der Waals surface area contributed by atoms with Gasteiger partial charge in [-0.2, -0.15) is 0 Å². The Labute approximate surface area is 74.0 Å². The number of carboxylic acids is 1. The minimum absolute atomic E-state index is 0.249. The Kier molecular flexibility index (Phi) is 4.24. The van der Waals surface area contributed by atoms with Crippen molar-refractivity contribution in [1.29, 1.82) is 0 Å². The minimum atomic E-state index is -0.896. The zero-order valence-electron chi connectivity index (χ0n) is 8.13. The van der Waals surface area contributed by atoms with Crippen LogP contribution in [0.1, 0.15) is 40.0 Å². The molecule has 0 bridgehead atoms. The Morgan fingerprint density at radius 2 is 2.08 bits per heavy atom. The summed E-state index contributed by atoms with van der Waals surface area (Å²) in [5.74, 6) is -0.896. The summed E-state index contributed by atoms with van der Waals surface area (Å²) >= 11 is 0. The molecular formula is C9H19NO2. The zero-order chi connectivity index (χ0) is 9.78. The second-order valence-corrected chi connectivity index (χ2v) is 3.57. The Bertz CT molecular complexity index is 159. The van der Waals surface area contributed by atoms with Gasteiger partial charge < -0.3 is 10.8 Å². The number of carbonyl (C=O) groups is 1. The molecule has 2 unspecified atom stereocenters. The first-order valence-electron chi connectivity index (χ1n) is 4.46. The highest BCUT2D eigenvalue weighted by molar-refractivity contribution is 5.74. The number of hydrogen-bond acceptors (Lipinski definition) is 2. The second kappa shape index (κ2) is 4.45. The van der Waals surface area contributed by atoms with E-state index >= 15 is 0 Å². The molecule has 0 heterocycles. The predicted molar refractivity (Wildman–Crippen MR) is 48.9 cm³/mol. The summed E-state index contributed by atoms with van der Waals surface area (Å²) in [5, 5.41) is 8.75. The Morgan fingerprint density at radius 1 is 1.58 bits per heavy atom. The van der Waals surface area contributed by atoms with Gasteiger partial charge >= 0.3 is 5.97 Å². The van der Waals surface area contributed by atoms with Gasteiger partial charge in [0.25, 0.3) is 0 Å². The third-order valence-corrected chi connectivity index (χ3v) is 2.65. The maximum atomic E-state index is 10.7. The first kappa shape index (κ1) is 11.4. The molecule has 0 rings (SSSR count). The lowest BCUT2D eigenvalue weighted by Gasteiger charge is -2.31. The van der Waals surface area contributed by atoms with E-state index in [2.05, 4.69) is 0 Å². The van der Waals surface area contributed by atoms with Crippen molar-refractivity contribution in [2.45, 2.75) is 46.1 Å². The molecule has 0 aliphatic heterocycles. The highest BCUT2D eigenvalue weighted by Crippen LogP contribution is 2.30. The molecule has 0 aliphatic carbocycles. The van der Waals surface area contributed by atoms with Gasteiger partial charge in [-0.25, -0.2) is 0 Å². The molecule has 12 heavy (non-hydrogen) atoms. The summed E-state index contributed by atoms with van der Waals surface area (Å²) in [7, 11) is 0. The van der Waals surface area contributed by atoms with E-state index in [-0.39, 0.29) is 5.41 Å². The molecule has 0 aromatic carbocycles. The Hall–Kier alpha value is -0.570. The van der Waals surface area contributed by atoms with Crippen LogP contribution in [0.5, 0.6) is 0 Å². The van der Waals surface area contributed by atoms with Gasteiger partial charge in [0, 0.05) is 0 Å². The fourth-order valence-corrected chi connectivity index (χ4v) is 1.42. The molecule has 0 saturated carbocycles. The standard InChI is InChI=1S/C9H19NO2/c1-4-6-9(3,5-2)7(10)8(11)12/h7H,4-6,10H2,1-3H3,(H,11,12). The van der Waals surface area contributed by atoms with E-state index < -0.39 is 12.0 Å². The first-order valence-corrected chi connectivity index (χ1v) is 4.46. The highest BCUT2D eigenvalue weighted by Gasteiger charge is 2.33. The average Bonchev–Trinajstić information content (AvgIpc) is 2.03. The van der Waals surface area contributed by atoms with E-state index in [0.29, 0.717) is 0 Å². The molecule has 72 valence electrons. The topological polar surface area (TPSA) is 63.3 Å². The van der Waals surface area contributed by atoms with Crippen molar-refractivity contribution in [2.75, 3.05) is 0 Å². The van der Waals surface area contributed by atoms with Gasteiger partial charge in [-0.1, -0.05) is 27.2 Å². The molecule has 0 aromatic rings. The molecule has 0 fully saturated rings. The summed E-state index contributed by atoms with van der Waals surface area (Å²) in [6, 6.07) is -0.734. The van der Waals surface area contributed by atoms with E-state index in [1.807, 2.05) is 20.8 Å². The minimum Gasteiger partial charge on any atom is -0.480 e. The van der Waals surface area contributed by atoms with Gasteiger partial charge in [0.15, 0.2) is 0 Å². The molecule has 0 aliphatic rings. The second-order valence-electron chi connectivity index (χ2n) is 3.57.